The van der Waals surface area contributed by atoms with E-state index in [9.17, 15) is 13.5 Å². The Morgan fingerprint density at radius 3 is 2.43 bits per heavy atom. The van der Waals surface area contributed by atoms with Gasteiger partial charge >= 0.3 is 0 Å². The van der Waals surface area contributed by atoms with Gasteiger partial charge in [0, 0.05) is 12.1 Å². The van der Waals surface area contributed by atoms with Gasteiger partial charge in [-0.3, -0.25) is 0 Å². The normalized spacial score (nSPS) is 29.2. The summed E-state index contributed by atoms with van der Waals surface area (Å²) >= 11 is 0. The fourth-order valence-corrected chi connectivity index (χ4v) is 5.46. The van der Waals surface area contributed by atoms with E-state index < -0.39 is 16.1 Å². The second-order valence-electron chi connectivity index (χ2n) is 5.71. The number of nitrogens with zero attached hydrogens (tertiary/aromatic N) is 2. The molecule has 0 aliphatic carbocycles. The molecule has 0 spiro atoms. The fraction of sp³-hybridized carbons (Fsp3) is 0.500. The van der Waals surface area contributed by atoms with Crippen LogP contribution in [-0.2, 0) is 10.0 Å². The van der Waals surface area contributed by atoms with Gasteiger partial charge in [0.1, 0.15) is 4.90 Å². The van der Waals surface area contributed by atoms with Crippen LogP contribution in [0.4, 0.5) is 5.69 Å². The number of piperidine rings is 1. The molecule has 1 aromatic rings. The number of benzene rings is 1. The first-order valence-corrected chi connectivity index (χ1v) is 8.38. The van der Waals surface area contributed by atoms with E-state index >= 15 is 0 Å². The Balaban J connectivity index is 2.00. The maximum absolute atomic E-state index is 12.9. The van der Waals surface area contributed by atoms with Gasteiger partial charge in [-0.1, -0.05) is 0 Å². The third-order valence-electron chi connectivity index (χ3n) is 4.34. The number of aliphatic hydroxyl groups excluding tert-OH is 1. The molecule has 3 rings (SSSR count). The Morgan fingerprint density at radius 2 is 1.90 bits per heavy atom. The summed E-state index contributed by atoms with van der Waals surface area (Å²) in [6.45, 7) is 0. The number of rotatable bonds is 2. The highest BCUT2D eigenvalue weighted by molar-refractivity contribution is 7.89. The highest BCUT2D eigenvalue weighted by Gasteiger charge is 2.47. The van der Waals surface area contributed by atoms with Gasteiger partial charge in [-0.15, -0.1) is 0 Å². The molecule has 21 heavy (non-hydrogen) atoms. The number of nitriles is 1. The number of nitrogens with two attached hydrogens (primary N) is 1. The molecule has 2 atom stereocenters. The summed E-state index contributed by atoms with van der Waals surface area (Å²) in [5, 5.41) is 18.6. The second kappa shape index (κ2) is 4.98. The van der Waals surface area contributed by atoms with Crippen LogP contribution in [0.5, 0.6) is 0 Å². The molecule has 2 unspecified atom stereocenters. The third kappa shape index (κ3) is 2.29. The van der Waals surface area contributed by atoms with Crippen molar-refractivity contribution in [2.75, 3.05) is 5.73 Å². The van der Waals surface area contributed by atoms with Crippen LogP contribution in [0, 0.1) is 11.3 Å². The molecule has 0 radical (unpaired) electrons. The number of fused-ring (bicyclic) bond motifs is 2. The number of anilines is 1. The van der Waals surface area contributed by atoms with E-state index in [4.69, 9.17) is 11.0 Å². The SMILES string of the molecule is N#Cc1ccc(S(=O)(=O)N2C3CCC2CC(O)C3)c(N)c1. The number of nitrogen functional groups attached to an aromatic ring is 1. The van der Waals surface area contributed by atoms with Crippen molar-refractivity contribution in [2.24, 2.45) is 0 Å². The Bertz CT molecular complexity index is 697. The quantitative estimate of drug-likeness (QED) is 0.786. The van der Waals surface area contributed by atoms with Crippen molar-refractivity contribution >= 4 is 15.7 Å². The molecular formula is C14H17N3O3S. The Labute approximate surface area is 123 Å². The molecule has 0 amide bonds. The lowest BCUT2D eigenvalue weighted by Gasteiger charge is -2.36. The summed E-state index contributed by atoms with van der Waals surface area (Å²) < 4.78 is 27.2. The summed E-state index contributed by atoms with van der Waals surface area (Å²) in [5.74, 6) is 0. The molecule has 0 aromatic heterocycles. The van der Waals surface area contributed by atoms with Crippen LogP contribution >= 0.6 is 0 Å². The topological polar surface area (TPSA) is 107 Å². The van der Waals surface area contributed by atoms with E-state index in [2.05, 4.69) is 0 Å². The van der Waals surface area contributed by atoms with E-state index in [1.54, 1.807) is 0 Å². The van der Waals surface area contributed by atoms with Crippen LogP contribution < -0.4 is 5.73 Å². The average Bonchev–Trinajstić information content (AvgIpc) is 2.72. The van der Waals surface area contributed by atoms with E-state index in [1.165, 1.54) is 22.5 Å². The molecule has 112 valence electrons. The van der Waals surface area contributed by atoms with Crippen LogP contribution in [0.1, 0.15) is 31.2 Å². The van der Waals surface area contributed by atoms with Crippen molar-refractivity contribution in [2.45, 2.75) is 48.8 Å². The van der Waals surface area contributed by atoms with Gasteiger partial charge in [-0.05, 0) is 43.9 Å². The number of hydrogen-bond donors (Lipinski definition) is 2. The summed E-state index contributed by atoms with van der Waals surface area (Å²) in [7, 11) is -3.69. The lowest BCUT2D eigenvalue weighted by molar-refractivity contribution is 0.0769. The molecule has 3 N–H and O–H groups in total. The zero-order valence-electron chi connectivity index (χ0n) is 11.4. The number of sulfonamides is 1. The summed E-state index contributed by atoms with van der Waals surface area (Å²) in [6.07, 6.45) is 2.08. The fourth-order valence-electron chi connectivity index (χ4n) is 3.46. The minimum atomic E-state index is -3.69. The first-order valence-electron chi connectivity index (χ1n) is 6.94. The molecule has 2 aliphatic heterocycles. The first-order chi connectivity index (χ1) is 9.93. The predicted octanol–water partition coefficient (Wildman–Crippen LogP) is 0.817. The summed E-state index contributed by atoms with van der Waals surface area (Å²) in [4.78, 5) is 0.0507. The molecule has 7 heteroatoms. The molecule has 2 aliphatic rings. The van der Waals surface area contributed by atoms with Crippen molar-refractivity contribution in [1.29, 1.82) is 5.26 Å². The summed E-state index contributed by atoms with van der Waals surface area (Å²) in [6, 6.07) is 5.87. The smallest absolute Gasteiger partial charge is 0.245 e. The third-order valence-corrected chi connectivity index (χ3v) is 6.41. The van der Waals surface area contributed by atoms with Crippen LogP contribution in [0.15, 0.2) is 23.1 Å². The first kappa shape index (κ1) is 14.3. The van der Waals surface area contributed by atoms with E-state index in [1.807, 2.05) is 6.07 Å². The van der Waals surface area contributed by atoms with Crippen LogP contribution in [0.25, 0.3) is 0 Å². The van der Waals surface area contributed by atoms with Crippen LogP contribution in [0.2, 0.25) is 0 Å². The zero-order valence-corrected chi connectivity index (χ0v) is 12.3. The van der Waals surface area contributed by atoms with Gasteiger partial charge < -0.3 is 10.8 Å². The molecule has 6 nitrogen and oxygen atoms in total. The summed E-state index contributed by atoms with van der Waals surface area (Å²) in [5.41, 5.74) is 6.26. The predicted molar refractivity (Wildman–Crippen MR) is 76.6 cm³/mol. The van der Waals surface area contributed by atoms with Gasteiger partial charge in [0.25, 0.3) is 0 Å². The monoisotopic (exact) mass is 307 g/mol. The maximum atomic E-state index is 12.9. The maximum Gasteiger partial charge on any atom is 0.245 e. The van der Waals surface area contributed by atoms with E-state index in [0.717, 1.165) is 12.8 Å². The zero-order chi connectivity index (χ0) is 15.2. The van der Waals surface area contributed by atoms with Crippen LogP contribution in [-0.4, -0.2) is 36.0 Å². The Hall–Kier alpha value is -1.62. The number of hydrogen-bond acceptors (Lipinski definition) is 5. The molecule has 2 saturated heterocycles. The molecule has 2 bridgehead atoms. The Morgan fingerprint density at radius 1 is 1.29 bits per heavy atom. The highest BCUT2D eigenvalue weighted by atomic mass is 32.2. The van der Waals surface area contributed by atoms with Crippen molar-refractivity contribution in [3.63, 3.8) is 0 Å². The van der Waals surface area contributed by atoms with E-state index in [-0.39, 0.29) is 22.7 Å². The van der Waals surface area contributed by atoms with E-state index in [0.29, 0.717) is 18.4 Å². The molecular weight excluding hydrogens is 290 g/mol. The van der Waals surface area contributed by atoms with Gasteiger partial charge in [0.15, 0.2) is 0 Å². The van der Waals surface area contributed by atoms with Gasteiger partial charge in [-0.25, -0.2) is 8.42 Å². The molecule has 2 heterocycles. The van der Waals surface area contributed by atoms with Gasteiger partial charge in [0.05, 0.1) is 23.4 Å². The molecule has 0 saturated carbocycles. The lowest BCUT2D eigenvalue weighted by atomic mass is 10.0. The number of aliphatic hydroxyl groups is 1. The van der Waals surface area contributed by atoms with Crippen molar-refractivity contribution in [3.8, 4) is 6.07 Å². The Kier molecular flexibility index (Phi) is 3.40. The lowest BCUT2D eigenvalue weighted by Crippen LogP contribution is -2.47. The van der Waals surface area contributed by atoms with Crippen molar-refractivity contribution < 1.29 is 13.5 Å². The largest absolute Gasteiger partial charge is 0.398 e. The minimum Gasteiger partial charge on any atom is -0.398 e. The minimum absolute atomic E-state index is 0.0507. The van der Waals surface area contributed by atoms with Crippen molar-refractivity contribution in [1.82, 2.24) is 4.31 Å². The highest BCUT2D eigenvalue weighted by Crippen LogP contribution is 2.40. The average molecular weight is 307 g/mol. The van der Waals surface area contributed by atoms with Gasteiger partial charge in [-0.2, -0.15) is 9.57 Å². The van der Waals surface area contributed by atoms with Crippen LogP contribution in [0.3, 0.4) is 0 Å². The molecule has 2 fully saturated rings. The van der Waals surface area contributed by atoms with Gasteiger partial charge in [0.2, 0.25) is 10.0 Å². The second-order valence-corrected chi connectivity index (χ2v) is 7.52. The standard InChI is InChI=1S/C14H17N3O3S/c15-8-9-1-4-14(13(16)5-9)21(19,20)17-10-2-3-11(17)7-12(18)6-10/h1,4-5,10-12,18H,2-3,6-7,16H2. The molecule has 1 aromatic carbocycles. The van der Waals surface area contributed by atoms with Crippen molar-refractivity contribution in [3.05, 3.63) is 23.8 Å².